The number of amides is 2. The van der Waals surface area contributed by atoms with Crippen LogP contribution in [-0.2, 0) is 4.79 Å². The van der Waals surface area contributed by atoms with Crippen LogP contribution in [0.5, 0.6) is 5.75 Å². The molecule has 0 saturated heterocycles. The van der Waals surface area contributed by atoms with Gasteiger partial charge in [0.25, 0.3) is 11.8 Å². The number of benzene rings is 1. The third kappa shape index (κ3) is 3.58. The summed E-state index contributed by atoms with van der Waals surface area (Å²) in [7, 11) is 0. The number of para-hydroxylation sites is 1. The van der Waals surface area contributed by atoms with Gasteiger partial charge in [0.05, 0.1) is 5.56 Å². The molecule has 0 radical (unpaired) electrons. The summed E-state index contributed by atoms with van der Waals surface area (Å²) in [5.74, 6) is -0.285. The van der Waals surface area contributed by atoms with Crippen LogP contribution in [0.25, 0.3) is 0 Å². The van der Waals surface area contributed by atoms with Crippen molar-refractivity contribution in [2.45, 2.75) is 6.92 Å². The SMILES string of the molecule is Cc1cc(C(N)=O)c(NC(=O)COc2ccccc2)s1. The van der Waals surface area contributed by atoms with Crippen molar-refractivity contribution in [2.24, 2.45) is 5.73 Å². The first kappa shape index (κ1) is 14.1. The van der Waals surface area contributed by atoms with Crippen LogP contribution in [0.4, 0.5) is 5.00 Å². The number of hydrogen-bond donors (Lipinski definition) is 2. The predicted molar refractivity (Wildman–Crippen MR) is 78.1 cm³/mol. The monoisotopic (exact) mass is 290 g/mol. The van der Waals surface area contributed by atoms with E-state index in [9.17, 15) is 9.59 Å². The van der Waals surface area contributed by atoms with Crippen LogP contribution in [0.15, 0.2) is 36.4 Å². The molecule has 0 atom stereocenters. The van der Waals surface area contributed by atoms with Crippen LogP contribution in [0.3, 0.4) is 0 Å². The zero-order valence-electron chi connectivity index (χ0n) is 10.9. The van der Waals surface area contributed by atoms with Crippen molar-refractivity contribution in [2.75, 3.05) is 11.9 Å². The maximum Gasteiger partial charge on any atom is 0.262 e. The number of nitrogens with two attached hydrogens (primary N) is 1. The number of anilines is 1. The molecule has 6 heteroatoms. The zero-order valence-corrected chi connectivity index (χ0v) is 11.7. The first-order valence-corrected chi connectivity index (χ1v) is 6.76. The molecular formula is C14H14N2O3S. The molecule has 0 bridgehead atoms. The summed E-state index contributed by atoms with van der Waals surface area (Å²) in [5, 5.41) is 3.09. The summed E-state index contributed by atoms with van der Waals surface area (Å²) in [6.45, 7) is 1.71. The van der Waals surface area contributed by atoms with Crippen LogP contribution in [0.1, 0.15) is 15.2 Å². The summed E-state index contributed by atoms with van der Waals surface area (Å²) in [6.07, 6.45) is 0. The molecule has 1 heterocycles. The molecule has 2 rings (SSSR count). The van der Waals surface area contributed by atoms with Crippen molar-refractivity contribution in [3.05, 3.63) is 46.8 Å². The first-order chi connectivity index (χ1) is 9.56. The van der Waals surface area contributed by atoms with Gasteiger partial charge in [0.15, 0.2) is 6.61 Å². The van der Waals surface area contributed by atoms with Gasteiger partial charge >= 0.3 is 0 Å². The Kier molecular flexibility index (Phi) is 4.37. The average Bonchev–Trinajstić information content (AvgIpc) is 2.79. The van der Waals surface area contributed by atoms with Gasteiger partial charge in [-0.25, -0.2) is 0 Å². The second kappa shape index (κ2) is 6.21. The molecule has 0 spiro atoms. The molecule has 0 saturated carbocycles. The van der Waals surface area contributed by atoms with Crippen LogP contribution in [0, 0.1) is 6.92 Å². The molecular weight excluding hydrogens is 276 g/mol. The molecule has 0 fully saturated rings. The van der Waals surface area contributed by atoms with Gasteiger partial charge in [-0.2, -0.15) is 0 Å². The third-order valence-corrected chi connectivity index (χ3v) is 3.45. The summed E-state index contributed by atoms with van der Waals surface area (Å²) in [4.78, 5) is 23.9. The van der Waals surface area contributed by atoms with Gasteiger partial charge in [0, 0.05) is 4.88 Å². The predicted octanol–water partition coefficient (Wildman–Crippen LogP) is 2.17. The minimum atomic E-state index is -0.561. The highest BCUT2D eigenvalue weighted by Crippen LogP contribution is 2.27. The molecule has 1 aromatic carbocycles. The Balaban J connectivity index is 1.96. The molecule has 1 aromatic heterocycles. The highest BCUT2D eigenvalue weighted by molar-refractivity contribution is 7.16. The lowest BCUT2D eigenvalue weighted by Crippen LogP contribution is -2.21. The second-order valence-corrected chi connectivity index (χ2v) is 5.37. The minimum Gasteiger partial charge on any atom is -0.484 e. The Morgan fingerprint density at radius 3 is 2.65 bits per heavy atom. The lowest BCUT2D eigenvalue weighted by molar-refractivity contribution is -0.118. The highest BCUT2D eigenvalue weighted by Gasteiger charge is 2.14. The normalized spacial score (nSPS) is 10.1. The summed E-state index contributed by atoms with van der Waals surface area (Å²) >= 11 is 1.30. The molecule has 0 aliphatic rings. The minimum absolute atomic E-state index is 0.126. The van der Waals surface area contributed by atoms with E-state index in [-0.39, 0.29) is 12.5 Å². The summed E-state index contributed by atoms with van der Waals surface area (Å²) in [5.41, 5.74) is 5.57. The number of primary amides is 1. The third-order valence-electron chi connectivity index (χ3n) is 2.49. The van der Waals surface area contributed by atoms with Crippen molar-refractivity contribution in [1.82, 2.24) is 0 Å². The van der Waals surface area contributed by atoms with Gasteiger partial charge in [-0.05, 0) is 25.1 Å². The van der Waals surface area contributed by atoms with E-state index >= 15 is 0 Å². The van der Waals surface area contributed by atoms with Gasteiger partial charge < -0.3 is 15.8 Å². The van der Waals surface area contributed by atoms with Crippen LogP contribution in [0.2, 0.25) is 0 Å². The molecule has 2 amide bonds. The molecule has 0 aliphatic carbocycles. The molecule has 104 valence electrons. The summed E-state index contributed by atoms with van der Waals surface area (Å²) in [6, 6.07) is 10.7. The molecule has 0 aliphatic heterocycles. The number of nitrogens with one attached hydrogen (secondary N) is 1. The average molecular weight is 290 g/mol. The van der Waals surface area contributed by atoms with Crippen LogP contribution >= 0.6 is 11.3 Å². The first-order valence-electron chi connectivity index (χ1n) is 5.94. The number of thiophene rings is 1. The van der Waals surface area contributed by atoms with Crippen molar-refractivity contribution in [3.8, 4) is 5.75 Å². The van der Waals surface area contributed by atoms with Gasteiger partial charge in [-0.3, -0.25) is 9.59 Å². The topological polar surface area (TPSA) is 81.4 Å². The van der Waals surface area contributed by atoms with Gasteiger partial charge in [0.2, 0.25) is 0 Å². The lowest BCUT2D eigenvalue weighted by Gasteiger charge is -2.06. The van der Waals surface area contributed by atoms with E-state index in [1.54, 1.807) is 18.2 Å². The number of carbonyl (C=O) groups excluding carboxylic acids is 2. The zero-order chi connectivity index (χ0) is 14.5. The van der Waals surface area contributed by atoms with E-state index in [2.05, 4.69) is 5.32 Å². The van der Waals surface area contributed by atoms with Crippen LogP contribution < -0.4 is 15.8 Å². The molecule has 20 heavy (non-hydrogen) atoms. The smallest absolute Gasteiger partial charge is 0.262 e. The van der Waals surface area contributed by atoms with Crippen molar-refractivity contribution < 1.29 is 14.3 Å². The Morgan fingerprint density at radius 2 is 2.00 bits per heavy atom. The Bertz CT molecular complexity index is 623. The van der Waals surface area contributed by atoms with E-state index in [1.807, 2.05) is 25.1 Å². The Morgan fingerprint density at radius 1 is 1.30 bits per heavy atom. The molecule has 5 nitrogen and oxygen atoms in total. The number of ether oxygens (including phenoxy) is 1. The fourth-order valence-electron chi connectivity index (χ4n) is 1.62. The van der Waals surface area contributed by atoms with E-state index < -0.39 is 5.91 Å². The van der Waals surface area contributed by atoms with E-state index in [0.717, 1.165) is 4.88 Å². The van der Waals surface area contributed by atoms with Crippen molar-refractivity contribution >= 4 is 28.2 Å². The number of hydrogen-bond acceptors (Lipinski definition) is 4. The Hall–Kier alpha value is -2.34. The molecule has 0 unspecified atom stereocenters. The van der Waals surface area contributed by atoms with Gasteiger partial charge in [0.1, 0.15) is 10.8 Å². The van der Waals surface area contributed by atoms with E-state index in [0.29, 0.717) is 16.3 Å². The quantitative estimate of drug-likeness (QED) is 0.885. The fourth-order valence-corrected chi connectivity index (χ4v) is 2.55. The van der Waals surface area contributed by atoms with Gasteiger partial charge in [-0.15, -0.1) is 11.3 Å². The van der Waals surface area contributed by atoms with E-state index in [4.69, 9.17) is 10.5 Å². The second-order valence-electron chi connectivity index (χ2n) is 4.11. The standard InChI is InChI=1S/C14H14N2O3S/c1-9-7-11(13(15)18)14(20-9)16-12(17)8-19-10-5-3-2-4-6-10/h2-7H,8H2,1H3,(H2,15,18)(H,16,17). The lowest BCUT2D eigenvalue weighted by atomic mass is 10.3. The number of aryl methyl sites for hydroxylation is 1. The maximum atomic E-state index is 11.8. The molecule has 3 N–H and O–H groups in total. The largest absolute Gasteiger partial charge is 0.484 e. The van der Waals surface area contributed by atoms with Crippen molar-refractivity contribution in [3.63, 3.8) is 0 Å². The molecule has 2 aromatic rings. The fraction of sp³-hybridized carbons (Fsp3) is 0.143. The van der Waals surface area contributed by atoms with Gasteiger partial charge in [-0.1, -0.05) is 18.2 Å². The number of rotatable bonds is 5. The Labute approximate surface area is 120 Å². The highest BCUT2D eigenvalue weighted by atomic mass is 32.1. The summed E-state index contributed by atoms with van der Waals surface area (Å²) < 4.78 is 5.32. The van der Waals surface area contributed by atoms with Crippen molar-refractivity contribution in [1.29, 1.82) is 0 Å². The maximum absolute atomic E-state index is 11.8. The van der Waals surface area contributed by atoms with E-state index in [1.165, 1.54) is 11.3 Å². The number of carbonyl (C=O) groups is 2. The van der Waals surface area contributed by atoms with Crippen LogP contribution in [-0.4, -0.2) is 18.4 Å².